The monoisotopic (exact) mass is 425 g/mol. The van der Waals surface area contributed by atoms with Crippen LogP contribution in [0.25, 0.3) is 11.0 Å². The van der Waals surface area contributed by atoms with Gasteiger partial charge in [0.2, 0.25) is 0 Å². The van der Waals surface area contributed by atoms with Crippen molar-refractivity contribution in [3.05, 3.63) is 69.9 Å². The lowest BCUT2D eigenvalue weighted by atomic mass is 9.88. The summed E-state index contributed by atoms with van der Waals surface area (Å²) >= 11 is 0. The molecule has 31 heavy (non-hydrogen) atoms. The summed E-state index contributed by atoms with van der Waals surface area (Å²) in [7, 11) is 0. The molecule has 7 heteroatoms. The molecule has 5 rings (SSSR count). The first kappa shape index (κ1) is 20.4. The second-order valence-corrected chi connectivity index (χ2v) is 8.68. The third kappa shape index (κ3) is 3.82. The van der Waals surface area contributed by atoms with E-state index in [4.69, 9.17) is 9.47 Å². The number of aromatic nitrogens is 2. The van der Waals surface area contributed by atoms with Gasteiger partial charge in [-0.1, -0.05) is 24.3 Å². The minimum absolute atomic E-state index is 0.0981. The summed E-state index contributed by atoms with van der Waals surface area (Å²) in [5, 5.41) is 0. The third-order valence-electron chi connectivity index (χ3n) is 6.66. The maximum Gasteiger partial charge on any atom is 0.326 e. The number of aromatic amines is 1. The van der Waals surface area contributed by atoms with Crippen molar-refractivity contribution in [3.8, 4) is 0 Å². The zero-order valence-electron chi connectivity index (χ0n) is 17.8. The van der Waals surface area contributed by atoms with Crippen LogP contribution in [0.1, 0.15) is 30.0 Å². The Morgan fingerprint density at radius 2 is 1.97 bits per heavy atom. The molecule has 0 amide bonds. The first-order valence-corrected chi connectivity index (χ1v) is 11.0. The molecule has 0 radical (unpaired) electrons. The number of imidazole rings is 1. The summed E-state index contributed by atoms with van der Waals surface area (Å²) in [5.41, 5.74) is 3.08. The molecule has 2 aliphatic rings. The van der Waals surface area contributed by atoms with Gasteiger partial charge in [0.05, 0.1) is 30.9 Å². The molecule has 1 aromatic heterocycles. The second-order valence-electron chi connectivity index (χ2n) is 8.68. The van der Waals surface area contributed by atoms with E-state index >= 15 is 0 Å². The van der Waals surface area contributed by atoms with Crippen LogP contribution in [0.5, 0.6) is 0 Å². The van der Waals surface area contributed by atoms with Crippen LogP contribution >= 0.6 is 0 Å². The molecule has 2 saturated heterocycles. The van der Waals surface area contributed by atoms with E-state index in [9.17, 15) is 9.18 Å². The van der Waals surface area contributed by atoms with Gasteiger partial charge in [0.1, 0.15) is 11.4 Å². The lowest BCUT2D eigenvalue weighted by molar-refractivity contribution is -0.174. The smallest absolute Gasteiger partial charge is 0.326 e. The highest BCUT2D eigenvalue weighted by Gasteiger charge is 2.40. The number of likely N-dealkylation sites (tertiary alicyclic amines) is 1. The van der Waals surface area contributed by atoms with Gasteiger partial charge in [-0.25, -0.2) is 9.18 Å². The Balaban J connectivity index is 1.34. The molecule has 3 heterocycles. The Bertz CT molecular complexity index is 1120. The SMILES string of the molecule is Cc1ccccc1C1(CN2CCC(n3c(=O)[nH]c4cc(F)ccc43)CC2)COCCO1. The molecular formula is C24H28FN3O3. The van der Waals surface area contributed by atoms with Gasteiger partial charge < -0.3 is 14.5 Å². The Hall–Kier alpha value is -2.48. The number of rotatable bonds is 4. The number of H-pyrrole nitrogens is 1. The number of halogens is 1. The van der Waals surface area contributed by atoms with Crippen LogP contribution < -0.4 is 5.69 Å². The minimum atomic E-state index is -0.467. The van der Waals surface area contributed by atoms with Gasteiger partial charge in [0.25, 0.3) is 0 Å². The summed E-state index contributed by atoms with van der Waals surface area (Å²) < 4.78 is 27.6. The second kappa shape index (κ2) is 8.22. The van der Waals surface area contributed by atoms with E-state index in [1.54, 1.807) is 10.6 Å². The molecular weight excluding hydrogens is 397 g/mol. The van der Waals surface area contributed by atoms with Crippen LogP contribution in [-0.4, -0.2) is 53.9 Å². The van der Waals surface area contributed by atoms with Crippen LogP contribution in [0.2, 0.25) is 0 Å². The number of ether oxygens (including phenoxy) is 2. The molecule has 3 aromatic rings. The molecule has 6 nitrogen and oxygen atoms in total. The number of fused-ring (bicyclic) bond motifs is 1. The Kier molecular flexibility index (Phi) is 5.42. The topological polar surface area (TPSA) is 59.5 Å². The van der Waals surface area contributed by atoms with E-state index in [-0.39, 0.29) is 17.5 Å². The highest BCUT2D eigenvalue weighted by Crippen LogP contribution is 2.34. The lowest BCUT2D eigenvalue weighted by Gasteiger charge is -2.43. The lowest BCUT2D eigenvalue weighted by Crippen LogP contribution is -2.51. The molecule has 164 valence electrons. The summed E-state index contributed by atoms with van der Waals surface area (Å²) in [6, 6.07) is 12.9. The zero-order valence-corrected chi connectivity index (χ0v) is 17.8. The quantitative estimate of drug-likeness (QED) is 0.697. The van der Waals surface area contributed by atoms with Crippen molar-refractivity contribution in [1.82, 2.24) is 14.5 Å². The van der Waals surface area contributed by atoms with Crippen molar-refractivity contribution in [3.63, 3.8) is 0 Å². The van der Waals surface area contributed by atoms with Crippen LogP contribution in [0.4, 0.5) is 4.39 Å². The van der Waals surface area contributed by atoms with Crippen molar-refractivity contribution in [1.29, 1.82) is 0 Å². The van der Waals surface area contributed by atoms with Crippen LogP contribution in [-0.2, 0) is 15.1 Å². The van der Waals surface area contributed by atoms with Crippen molar-refractivity contribution >= 4 is 11.0 Å². The van der Waals surface area contributed by atoms with Gasteiger partial charge in [-0.05, 0) is 49.1 Å². The van der Waals surface area contributed by atoms with Crippen LogP contribution in [0, 0.1) is 12.7 Å². The number of hydrogen-bond acceptors (Lipinski definition) is 4. The predicted octanol–water partition coefficient (Wildman–Crippen LogP) is 3.36. The normalized spacial score (nSPS) is 23.4. The molecule has 0 bridgehead atoms. The van der Waals surface area contributed by atoms with Crippen molar-refractivity contribution in [2.45, 2.75) is 31.4 Å². The molecule has 1 N–H and O–H groups in total. The Morgan fingerprint density at radius 1 is 1.16 bits per heavy atom. The van der Waals surface area contributed by atoms with Gasteiger partial charge >= 0.3 is 5.69 Å². The van der Waals surface area contributed by atoms with E-state index in [1.165, 1.54) is 23.3 Å². The number of aryl methyl sites for hydroxylation is 1. The maximum atomic E-state index is 13.5. The maximum absolute atomic E-state index is 13.5. The van der Waals surface area contributed by atoms with Crippen molar-refractivity contribution < 1.29 is 13.9 Å². The van der Waals surface area contributed by atoms with Gasteiger partial charge in [0, 0.05) is 25.7 Å². The number of hydrogen-bond donors (Lipinski definition) is 1. The molecule has 1 unspecified atom stereocenters. The van der Waals surface area contributed by atoms with E-state index in [0.29, 0.717) is 25.3 Å². The number of nitrogens with zero attached hydrogens (tertiary/aromatic N) is 2. The number of benzene rings is 2. The van der Waals surface area contributed by atoms with E-state index < -0.39 is 5.60 Å². The summed E-state index contributed by atoms with van der Waals surface area (Å²) in [5.74, 6) is -0.341. The third-order valence-corrected chi connectivity index (χ3v) is 6.66. The summed E-state index contributed by atoms with van der Waals surface area (Å²) in [4.78, 5) is 17.8. The van der Waals surface area contributed by atoms with Gasteiger partial charge in [-0.2, -0.15) is 0 Å². The minimum Gasteiger partial charge on any atom is -0.376 e. The average molecular weight is 426 g/mol. The largest absolute Gasteiger partial charge is 0.376 e. The van der Waals surface area contributed by atoms with Gasteiger partial charge in [-0.15, -0.1) is 0 Å². The van der Waals surface area contributed by atoms with Crippen molar-refractivity contribution in [2.75, 3.05) is 39.5 Å². The Labute approximate surface area is 180 Å². The van der Waals surface area contributed by atoms with Gasteiger partial charge in [-0.3, -0.25) is 9.47 Å². The van der Waals surface area contributed by atoms with E-state index in [2.05, 4.69) is 35.0 Å². The Morgan fingerprint density at radius 3 is 2.71 bits per heavy atom. The van der Waals surface area contributed by atoms with Crippen LogP contribution in [0.15, 0.2) is 47.3 Å². The predicted molar refractivity (Wildman–Crippen MR) is 117 cm³/mol. The zero-order chi connectivity index (χ0) is 21.4. The van der Waals surface area contributed by atoms with E-state index in [0.717, 1.165) is 38.0 Å². The standard InChI is InChI=1S/C24H28FN3O3/c1-17-4-2-3-5-20(17)24(16-30-12-13-31-24)15-27-10-8-19(9-11-27)28-22-7-6-18(25)14-21(22)26-23(28)29/h2-7,14,19H,8-13,15-16H2,1H3,(H,26,29). The summed E-state index contributed by atoms with van der Waals surface area (Å²) in [6.45, 7) is 6.37. The first-order chi connectivity index (χ1) is 15.1. The molecule has 1 atom stereocenters. The van der Waals surface area contributed by atoms with Crippen LogP contribution in [0.3, 0.4) is 0 Å². The number of piperidine rings is 1. The molecule has 2 aromatic carbocycles. The highest BCUT2D eigenvalue weighted by atomic mass is 19.1. The van der Waals surface area contributed by atoms with Gasteiger partial charge in [0.15, 0.2) is 0 Å². The summed E-state index contributed by atoms with van der Waals surface area (Å²) in [6.07, 6.45) is 1.71. The molecule has 0 aliphatic carbocycles. The fourth-order valence-corrected chi connectivity index (χ4v) is 5.15. The molecule has 2 fully saturated rings. The first-order valence-electron chi connectivity index (χ1n) is 11.0. The van der Waals surface area contributed by atoms with E-state index in [1.807, 2.05) is 6.07 Å². The van der Waals surface area contributed by atoms with Crippen molar-refractivity contribution in [2.24, 2.45) is 0 Å². The number of nitrogens with one attached hydrogen (secondary N) is 1. The average Bonchev–Trinajstić information content (AvgIpc) is 3.10. The highest BCUT2D eigenvalue weighted by molar-refractivity contribution is 5.75. The molecule has 0 spiro atoms. The fourth-order valence-electron chi connectivity index (χ4n) is 5.15. The molecule has 0 saturated carbocycles. The molecule has 2 aliphatic heterocycles. The fraction of sp³-hybridized carbons (Fsp3) is 0.458.